The molecule has 7 nitrogen and oxygen atoms in total. The Morgan fingerprint density at radius 2 is 1.69 bits per heavy atom. The molecule has 2 rings (SSSR count). The summed E-state index contributed by atoms with van der Waals surface area (Å²) in [7, 11) is -3.98. The third-order valence-corrected chi connectivity index (χ3v) is 5.63. The number of hydrogen-bond donors (Lipinski definition) is 2. The number of rotatable bonds is 6. The van der Waals surface area contributed by atoms with Crippen molar-refractivity contribution in [2.75, 3.05) is 13.1 Å². The van der Waals surface area contributed by atoms with E-state index in [1.54, 1.807) is 17.0 Å². The van der Waals surface area contributed by atoms with Gasteiger partial charge in [0, 0.05) is 13.1 Å². The van der Waals surface area contributed by atoms with Crippen LogP contribution in [-0.4, -0.2) is 44.4 Å². The van der Waals surface area contributed by atoms with Crippen LogP contribution in [0.2, 0.25) is 0 Å². The molecular formula is C18H27N3O4S. The fourth-order valence-electron chi connectivity index (χ4n) is 2.94. The lowest BCUT2D eigenvalue weighted by atomic mass is 10.0. The SMILES string of the molecule is Cc1ccc(S(=O)(=O)NC(=O)N[C@@H](CC(C)C)C(=O)N2CCCC2)cc1. The summed E-state index contributed by atoms with van der Waals surface area (Å²) in [6.07, 6.45) is 2.36. The average Bonchev–Trinajstić information content (AvgIpc) is 3.07. The van der Waals surface area contributed by atoms with Crippen LogP contribution in [0.25, 0.3) is 0 Å². The second-order valence-electron chi connectivity index (χ2n) is 7.11. The number of carbonyl (C=O) groups is 2. The molecule has 0 aromatic heterocycles. The van der Waals surface area contributed by atoms with Gasteiger partial charge in [-0.2, -0.15) is 0 Å². The normalized spacial score (nSPS) is 15.8. The standard InChI is InChI=1S/C18H27N3O4S/c1-13(2)12-16(17(22)21-10-4-5-11-21)19-18(23)20-26(24,25)15-8-6-14(3)7-9-15/h6-9,13,16H,4-5,10-12H2,1-3H3,(H2,19,20,23)/t16-/m0/s1. The van der Waals surface area contributed by atoms with E-state index in [2.05, 4.69) is 5.32 Å². The average molecular weight is 381 g/mol. The van der Waals surface area contributed by atoms with Gasteiger partial charge in [0.05, 0.1) is 4.90 Å². The minimum atomic E-state index is -3.98. The van der Waals surface area contributed by atoms with Crippen molar-refractivity contribution in [3.63, 3.8) is 0 Å². The smallest absolute Gasteiger partial charge is 0.329 e. The maximum Gasteiger partial charge on any atom is 0.329 e. The molecule has 8 heteroatoms. The van der Waals surface area contributed by atoms with Crippen LogP contribution in [0.1, 0.15) is 38.7 Å². The number of aryl methyl sites for hydroxylation is 1. The van der Waals surface area contributed by atoms with E-state index in [1.807, 2.05) is 25.5 Å². The van der Waals surface area contributed by atoms with E-state index >= 15 is 0 Å². The molecule has 144 valence electrons. The Labute approximate surface area is 155 Å². The summed E-state index contributed by atoms with van der Waals surface area (Å²) in [6.45, 7) is 7.10. The van der Waals surface area contributed by atoms with E-state index < -0.39 is 22.1 Å². The topological polar surface area (TPSA) is 95.6 Å². The summed E-state index contributed by atoms with van der Waals surface area (Å²) in [5.41, 5.74) is 0.918. The zero-order valence-corrected chi connectivity index (χ0v) is 16.3. The molecule has 3 amide bonds. The molecular weight excluding hydrogens is 354 g/mol. The van der Waals surface area contributed by atoms with Crippen molar-refractivity contribution in [2.24, 2.45) is 5.92 Å². The molecule has 0 bridgehead atoms. The number of nitrogens with zero attached hydrogens (tertiary/aromatic N) is 1. The van der Waals surface area contributed by atoms with Crippen molar-refractivity contribution in [2.45, 2.75) is 51.0 Å². The summed E-state index contributed by atoms with van der Waals surface area (Å²) in [5, 5.41) is 2.54. The van der Waals surface area contributed by atoms with Gasteiger partial charge in [0.15, 0.2) is 0 Å². The molecule has 0 saturated carbocycles. The monoisotopic (exact) mass is 381 g/mol. The Morgan fingerprint density at radius 3 is 2.23 bits per heavy atom. The molecule has 26 heavy (non-hydrogen) atoms. The molecule has 0 spiro atoms. The highest BCUT2D eigenvalue weighted by molar-refractivity contribution is 7.90. The number of amides is 3. The number of nitrogens with one attached hydrogen (secondary N) is 2. The van der Waals surface area contributed by atoms with Crippen molar-refractivity contribution in [3.05, 3.63) is 29.8 Å². The van der Waals surface area contributed by atoms with Crippen LogP contribution in [0, 0.1) is 12.8 Å². The van der Waals surface area contributed by atoms with Gasteiger partial charge in [0.25, 0.3) is 10.0 Å². The van der Waals surface area contributed by atoms with Crippen molar-refractivity contribution in [1.82, 2.24) is 14.9 Å². The largest absolute Gasteiger partial charge is 0.341 e. The third-order valence-electron chi connectivity index (χ3n) is 4.29. The van der Waals surface area contributed by atoms with Crippen LogP contribution < -0.4 is 10.0 Å². The van der Waals surface area contributed by atoms with Gasteiger partial charge >= 0.3 is 6.03 Å². The molecule has 0 unspecified atom stereocenters. The number of carbonyl (C=O) groups excluding carboxylic acids is 2. The number of sulfonamides is 1. The molecule has 1 saturated heterocycles. The van der Waals surface area contributed by atoms with Crippen LogP contribution >= 0.6 is 0 Å². The first-order valence-corrected chi connectivity index (χ1v) is 10.4. The van der Waals surface area contributed by atoms with Gasteiger partial charge in [-0.1, -0.05) is 31.5 Å². The van der Waals surface area contributed by atoms with Crippen LogP contribution in [0.5, 0.6) is 0 Å². The highest BCUT2D eigenvalue weighted by Crippen LogP contribution is 2.14. The Morgan fingerprint density at radius 1 is 1.12 bits per heavy atom. The van der Waals surface area contributed by atoms with E-state index in [9.17, 15) is 18.0 Å². The minimum absolute atomic E-state index is 0.00419. The van der Waals surface area contributed by atoms with E-state index in [4.69, 9.17) is 0 Å². The Bertz CT molecular complexity index is 738. The fraction of sp³-hybridized carbons (Fsp3) is 0.556. The molecule has 1 aromatic rings. The van der Waals surface area contributed by atoms with Crippen molar-refractivity contribution in [1.29, 1.82) is 0 Å². The van der Waals surface area contributed by atoms with Crippen LogP contribution in [0.15, 0.2) is 29.2 Å². The van der Waals surface area contributed by atoms with Gasteiger partial charge in [-0.25, -0.2) is 17.9 Å². The number of hydrogen-bond acceptors (Lipinski definition) is 4. The van der Waals surface area contributed by atoms with Gasteiger partial charge in [-0.15, -0.1) is 0 Å². The van der Waals surface area contributed by atoms with Gasteiger partial charge in [-0.05, 0) is 44.2 Å². The lowest BCUT2D eigenvalue weighted by Crippen LogP contribution is -2.52. The Balaban J connectivity index is 2.05. The first-order chi connectivity index (χ1) is 12.2. The maximum absolute atomic E-state index is 12.6. The number of urea groups is 1. The van der Waals surface area contributed by atoms with E-state index in [0.717, 1.165) is 18.4 Å². The first-order valence-electron chi connectivity index (χ1n) is 8.88. The lowest BCUT2D eigenvalue weighted by Gasteiger charge is -2.25. The molecule has 0 radical (unpaired) electrons. The molecule has 0 aliphatic carbocycles. The summed E-state index contributed by atoms with van der Waals surface area (Å²) < 4.78 is 26.6. The quantitative estimate of drug-likeness (QED) is 0.788. The first kappa shape index (κ1) is 20.2. The third kappa shape index (κ3) is 5.45. The van der Waals surface area contributed by atoms with E-state index in [-0.39, 0.29) is 16.7 Å². The van der Waals surface area contributed by atoms with Gasteiger partial charge in [0.1, 0.15) is 6.04 Å². The molecule has 1 aromatic carbocycles. The Kier molecular flexibility index (Phi) is 6.63. The molecule has 1 aliphatic heterocycles. The van der Waals surface area contributed by atoms with Gasteiger partial charge in [0.2, 0.25) is 5.91 Å². The summed E-state index contributed by atoms with van der Waals surface area (Å²) in [4.78, 5) is 26.6. The number of likely N-dealkylation sites (tertiary alicyclic amines) is 1. The van der Waals surface area contributed by atoms with Crippen LogP contribution in [-0.2, 0) is 14.8 Å². The maximum atomic E-state index is 12.6. The lowest BCUT2D eigenvalue weighted by molar-refractivity contribution is -0.132. The zero-order chi connectivity index (χ0) is 19.3. The summed E-state index contributed by atoms with van der Waals surface area (Å²) in [5.74, 6) is 0.0274. The fourth-order valence-corrected chi connectivity index (χ4v) is 3.85. The van der Waals surface area contributed by atoms with Crippen LogP contribution in [0.4, 0.5) is 4.79 Å². The highest BCUT2D eigenvalue weighted by Gasteiger charge is 2.29. The molecule has 2 N–H and O–H groups in total. The van der Waals surface area contributed by atoms with Crippen molar-refractivity contribution >= 4 is 22.0 Å². The second-order valence-corrected chi connectivity index (χ2v) is 8.79. The predicted octanol–water partition coefficient (Wildman–Crippen LogP) is 2.02. The predicted molar refractivity (Wildman–Crippen MR) is 99.1 cm³/mol. The van der Waals surface area contributed by atoms with E-state index in [0.29, 0.717) is 19.5 Å². The number of benzene rings is 1. The zero-order valence-electron chi connectivity index (χ0n) is 15.5. The molecule has 1 heterocycles. The molecule has 1 fully saturated rings. The minimum Gasteiger partial charge on any atom is -0.341 e. The van der Waals surface area contributed by atoms with E-state index in [1.165, 1.54) is 12.1 Å². The highest BCUT2D eigenvalue weighted by atomic mass is 32.2. The van der Waals surface area contributed by atoms with Gasteiger partial charge < -0.3 is 10.2 Å². The van der Waals surface area contributed by atoms with Crippen molar-refractivity contribution in [3.8, 4) is 0 Å². The Hall–Kier alpha value is -2.09. The van der Waals surface area contributed by atoms with Crippen molar-refractivity contribution < 1.29 is 18.0 Å². The summed E-state index contributed by atoms with van der Waals surface area (Å²) >= 11 is 0. The van der Waals surface area contributed by atoms with Gasteiger partial charge in [-0.3, -0.25) is 4.79 Å². The second kappa shape index (κ2) is 8.53. The summed E-state index contributed by atoms with van der Waals surface area (Å²) in [6, 6.07) is 4.57. The molecule has 1 atom stereocenters. The van der Waals surface area contributed by atoms with Crippen LogP contribution in [0.3, 0.4) is 0 Å². The molecule has 1 aliphatic rings.